The Bertz CT molecular complexity index is 1050. The quantitative estimate of drug-likeness (QED) is 0.736. The second-order valence-electron chi connectivity index (χ2n) is 6.72. The van der Waals surface area contributed by atoms with Crippen molar-refractivity contribution in [1.82, 2.24) is 14.7 Å². The fraction of sp³-hybridized carbons (Fsp3) is 0.238. The Morgan fingerprint density at radius 3 is 2.59 bits per heavy atom. The maximum absolute atomic E-state index is 12.8. The van der Waals surface area contributed by atoms with Crippen molar-refractivity contribution < 1.29 is 8.42 Å². The van der Waals surface area contributed by atoms with Gasteiger partial charge in [-0.1, -0.05) is 12.1 Å². The molecule has 2 heterocycles. The third kappa shape index (κ3) is 3.91. The highest BCUT2D eigenvalue weighted by Gasteiger charge is 2.18. The lowest BCUT2D eigenvalue weighted by molar-refractivity contribution is 0.580. The van der Waals surface area contributed by atoms with E-state index in [2.05, 4.69) is 14.7 Å². The largest absolute Gasteiger partial charge is 0.264 e. The summed E-state index contributed by atoms with van der Waals surface area (Å²) in [5, 5.41) is 0. The van der Waals surface area contributed by atoms with Gasteiger partial charge in [0.05, 0.1) is 10.6 Å². The number of aryl methyl sites for hydroxylation is 2. The molecule has 2 aromatic heterocycles. The number of nitrogens with one attached hydrogen (secondary N) is 1. The van der Waals surface area contributed by atoms with E-state index in [0.29, 0.717) is 4.90 Å². The van der Waals surface area contributed by atoms with Crippen LogP contribution in [0.15, 0.2) is 66.0 Å². The van der Waals surface area contributed by atoms with Crippen LogP contribution < -0.4 is 4.72 Å². The zero-order valence-corrected chi connectivity index (χ0v) is 15.7. The van der Waals surface area contributed by atoms with E-state index in [0.717, 1.165) is 41.6 Å². The van der Waals surface area contributed by atoms with E-state index in [4.69, 9.17) is 0 Å². The average molecular weight is 379 g/mol. The molecule has 0 fully saturated rings. The van der Waals surface area contributed by atoms with Crippen LogP contribution in [0, 0.1) is 0 Å². The molecule has 5 nitrogen and oxygen atoms in total. The summed E-state index contributed by atoms with van der Waals surface area (Å²) in [6.07, 6.45) is 9.40. The molecule has 1 aliphatic carbocycles. The smallest absolute Gasteiger partial charge is 0.240 e. The van der Waals surface area contributed by atoms with Gasteiger partial charge in [0, 0.05) is 30.7 Å². The molecule has 3 aromatic rings. The Labute approximate surface area is 159 Å². The number of pyridine rings is 2. The summed E-state index contributed by atoms with van der Waals surface area (Å²) in [5.41, 5.74) is 4.83. The molecule has 0 unspecified atom stereocenters. The van der Waals surface area contributed by atoms with Crippen LogP contribution in [0.2, 0.25) is 0 Å². The zero-order valence-electron chi connectivity index (χ0n) is 14.9. The summed E-state index contributed by atoms with van der Waals surface area (Å²) >= 11 is 0. The van der Waals surface area contributed by atoms with Crippen molar-refractivity contribution in [2.24, 2.45) is 0 Å². The average Bonchev–Trinajstić information content (AvgIpc) is 2.73. The molecule has 0 saturated carbocycles. The van der Waals surface area contributed by atoms with Crippen LogP contribution in [0.5, 0.6) is 0 Å². The SMILES string of the molecule is O=S(=O)(NCc1cccnc1-c1cccnc1)c1ccc2c(c1)CCCC2. The molecule has 1 aliphatic rings. The van der Waals surface area contributed by atoms with Gasteiger partial charge in [-0.2, -0.15) is 0 Å². The predicted octanol–water partition coefficient (Wildman–Crippen LogP) is 3.50. The van der Waals surface area contributed by atoms with Crippen LogP contribution in [0.4, 0.5) is 0 Å². The molecule has 0 atom stereocenters. The molecule has 1 aromatic carbocycles. The summed E-state index contributed by atoms with van der Waals surface area (Å²) < 4.78 is 28.3. The highest BCUT2D eigenvalue weighted by Crippen LogP contribution is 2.25. The maximum Gasteiger partial charge on any atom is 0.240 e. The molecule has 1 N–H and O–H groups in total. The van der Waals surface area contributed by atoms with Gasteiger partial charge in [-0.3, -0.25) is 9.97 Å². The molecule has 4 rings (SSSR count). The Morgan fingerprint density at radius 2 is 1.78 bits per heavy atom. The van der Waals surface area contributed by atoms with Crippen molar-refractivity contribution in [2.75, 3.05) is 0 Å². The molecule has 0 saturated heterocycles. The summed E-state index contributed by atoms with van der Waals surface area (Å²) in [6, 6.07) is 12.9. The van der Waals surface area contributed by atoms with E-state index in [-0.39, 0.29) is 6.54 Å². The van der Waals surface area contributed by atoms with Crippen molar-refractivity contribution in [3.63, 3.8) is 0 Å². The van der Waals surface area contributed by atoms with E-state index in [1.165, 1.54) is 12.0 Å². The van der Waals surface area contributed by atoms with E-state index in [9.17, 15) is 8.42 Å². The molecule has 0 aliphatic heterocycles. The molecule has 0 amide bonds. The van der Waals surface area contributed by atoms with Gasteiger partial charge in [0.1, 0.15) is 0 Å². The first-order chi connectivity index (χ1) is 13.1. The van der Waals surface area contributed by atoms with E-state index in [1.807, 2.05) is 36.4 Å². The summed E-state index contributed by atoms with van der Waals surface area (Å²) in [7, 11) is -3.58. The number of hydrogen-bond acceptors (Lipinski definition) is 4. The number of sulfonamides is 1. The van der Waals surface area contributed by atoms with Crippen LogP contribution in [0.1, 0.15) is 29.5 Å². The fourth-order valence-electron chi connectivity index (χ4n) is 3.48. The first-order valence-electron chi connectivity index (χ1n) is 9.09. The van der Waals surface area contributed by atoms with Gasteiger partial charge in [-0.25, -0.2) is 13.1 Å². The van der Waals surface area contributed by atoms with Crippen molar-refractivity contribution in [3.05, 3.63) is 77.7 Å². The maximum atomic E-state index is 12.8. The second-order valence-corrected chi connectivity index (χ2v) is 8.48. The Balaban J connectivity index is 1.57. The summed E-state index contributed by atoms with van der Waals surface area (Å²) in [5.74, 6) is 0. The monoisotopic (exact) mass is 379 g/mol. The van der Waals surface area contributed by atoms with Crippen molar-refractivity contribution in [3.8, 4) is 11.3 Å². The van der Waals surface area contributed by atoms with Gasteiger partial charge in [0.15, 0.2) is 0 Å². The molecule has 0 bridgehead atoms. The number of benzene rings is 1. The summed E-state index contributed by atoms with van der Waals surface area (Å²) in [6.45, 7) is 0.178. The normalized spacial score (nSPS) is 13.9. The standard InChI is InChI=1S/C21H21N3O2S/c25-27(26,20-10-9-16-5-1-2-6-17(16)13-20)24-15-19-8-4-12-23-21(19)18-7-3-11-22-14-18/h3-4,7-14,24H,1-2,5-6,15H2. The van der Waals surface area contributed by atoms with Gasteiger partial charge in [-0.15, -0.1) is 0 Å². The lowest BCUT2D eigenvalue weighted by Crippen LogP contribution is -2.24. The molecule has 6 heteroatoms. The van der Waals surface area contributed by atoms with Crippen LogP contribution >= 0.6 is 0 Å². The van der Waals surface area contributed by atoms with Gasteiger partial charge < -0.3 is 0 Å². The highest BCUT2D eigenvalue weighted by atomic mass is 32.2. The number of rotatable bonds is 5. The molecule has 0 spiro atoms. The first-order valence-corrected chi connectivity index (χ1v) is 10.6. The topological polar surface area (TPSA) is 72.0 Å². The zero-order chi connectivity index (χ0) is 18.7. The molecule has 0 radical (unpaired) electrons. The van der Waals surface area contributed by atoms with E-state index < -0.39 is 10.0 Å². The Kier molecular flexibility index (Phi) is 5.01. The fourth-order valence-corrected chi connectivity index (χ4v) is 4.53. The molecule has 138 valence electrons. The van der Waals surface area contributed by atoms with Crippen molar-refractivity contribution in [1.29, 1.82) is 0 Å². The lowest BCUT2D eigenvalue weighted by atomic mass is 9.92. The first kappa shape index (κ1) is 17.8. The Morgan fingerprint density at radius 1 is 0.963 bits per heavy atom. The lowest BCUT2D eigenvalue weighted by Gasteiger charge is -2.17. The third-order valence-electron chi connectivity index (χ3n) is 4.91. The number of fused-ring (bicyclic) bond motifs is 1. The van der Waals surface area contributed by atoms with Crippen molar-refractivity contribution in [2.45, 2.75) is 37.1 Å². The minimum atomic E-state index is -3.58. The van der Waals surface area contributed by atoms with Crippen LogP contribution in [-0.4, -0.2) is 18.4 Å². The predicted molar refractivity (Wildman–Crippen MR) is 105 cm³/mol. The number of aromatic nitrogens is 2. The number of hydrogen-bond donors (Lipinski definition) is 1. The van der Waals surface area contributed by atoms with Gasteiger partial charge in [-0.05, 0) is 72.7 Å². The minimum Gasteiger partial charge on any atom is -0.264 e. The van der Waals surface area contributed by atoms with E-state index in [1.54, 1.807) is 24.7 Å². The van der Waals surface area contributed by atoms with E-state index >= 15 is 0 Å². The minimum absolute atomic E-state index is 0.178. The van der Waals surface area contributed by atoms with Crippen LogP contribution in [0.25, 0.3) is 11.3 Å². The van der Waals surface area contributed by atoms with Crippen LogP contribution in [-0.2, 0) is 29.4 Å². The van der Waals surface area contributed by atoms with Crippen molar-refractivity contribution >= 4 is 10.0 Å². The van der Waals surface area contributed by atoms with Gasteiger partial charge in [0.2, 0.25) is 10.0 Å². The molecule has 27 heavy (non-hydrogen) atoms. The third-order valence-corrected chi connectivity index (χ3v) is 6.31. The van der Waals surface area contributed by atoms with Gasteiger partial charge >= 0.3 is 0 Å². The molecular formula is C21H21N3O2S. The van der Waals surface area contributed by atoms with Crippen LogP contribution in [0.3, 0.4) is 0 Å². The highest BCUT2D eigenvalue weighted by molar-refractivity contribution is 7.89. The molecular weight excluding hydrogens is 358 g/mol. The number of nitrogens with zero attached hydrogens (tertiary/aromatic N) is 2. The summed E-state index contributed by atoms with van der Waals surface area (Å²) in [4.78, 5) is 8.85. The Hall–Kier alpha value is -2.57. The van der Waals surface area contributed by atoms with Gasteiger partial charge in [0.25, 0.3) is 0 Å². The second kappa shape index (κ2) is 7.58.